The van der Waals surface area contributed by atoms with Crippen LogP contribution in [0, 0.1) is 6.92 Å². The lowest BCUT2D eigenvalue weighted by atomic mass is 10.2. The van der Waals surface area contributed by atoms with Crippen LogP contribution in [0.1, 0.15) is 11.3 Å². The first-order valence-electron chi connectivity index (χ1n) is 8.84. The zero-order valence-corrected chi connectivity index (χ0v) is 16.2. The van der Waals surface area contributed by atoms with E-state index in [2.05, 4.69) is 20.5 Å². The largest absolute Gasteiger partial charge is 0.479 e. The van der Waals surface area contributed by atoms with Crippen LogP contribution in [0.25, 0.3) is 11.4 Å². The van der Waals surface area contributed by atoms with Crippen molar-refractivity contribution in [2.45, 2.75) is 13.5 Å². The van der Waals surface area contributed by atoms with Crippen molar-refractivity contribution in [1.29, 1.82) is 0 Å². The molecule has 1 aromatic carbocycles. The highest BCUT2D eigenvalue weighted by molar-refractivity contribution is 5.43. The highest BCUT2D eigenvalue weighted by Gasteiger charge is 2.14. The first-order valence-corrected chi connectivity index (χ1v) is 8.84. The fourth-order valence-corrected chi connectivity index (χ4v) is 2.92. The maximum Gasteiger partial charge on any atom is 0.368 e. The van der Waals surface area contributed by atoms with E-state index in [0.29, 0.717) is 23.1 Å². The summed E-state index contributed by atoms with van der Waals surface area (Å²) in [6.07, 6.45) is 1.66. The smallest absolute Gasteiger partial charge is 0.368 e. The zero-order valence-electron chi connectivity index (χ0n) is 16.2. The minimum Gasteiger partial charge on any atom is -0.479 e. The number of ether oxygens (including phenoxy) is 2. The van der Waals surface area contributed by atoms with Gasteiger partial charge in [-0.05, 0) is 35.5 Å². The first kappa shape index (κ1) is 18.4. The highest BCUT2D eigenvalue weighted by atomic mass is 16.5. The number of pyridine rings is 1. The molecule has 10 heteroatoms. The van der Waals surface area contributed by atoms with Crippen LogP contribution in [0.3, 0.4) is 0 Å². The van der Waals surface area contributed by atoms with Crippen molar-refractivity contribution in [3.8, 4) is 23.1 Å². The van der Waals surface area contributed by atoms with Gasteiger partial charge in [0.2, 0.25) is 11.8 Å². The molecule has 0 unspecified atom stereocenters. The normalized spacial score (nSPS) is 10.9. The molecule has 4 rings (SSSR count). The minimum absolute atomic E-state index is 0.208. The summed E-state index contributed by atoms with van der Waals surface area (Å²) in [6.45, 7) is 2.12. The monoisotopic (exact) mass is 393 g/mol. The standard InChI is InChI=1S/C19H19N7O3/c1-13-11-17(21-25(13)16-9-6-10-20-18(16)28-3)29-12-14-7-4-5-8-15(14)26-19(27)24(2)22-23-26/h4-11H,12H2,1-3H3. The summed E-state index contributed by atoms with van der Waals surface area (Å²) in [7, 11) is 3.11. The average molecular weight is 393 g/mol. The lowest BCUT2D eigenvalue weighted by Gasteiger charge is -2.09. The molecule has 0 radical (unpaired) electrons. The molecule has 0 atom stereocenters. The van der Waals surface area contributed by atoms with E-state index in [-0.39, 0.29) is 12.3 Å². The van der Waals surface area contributed by atoms with Crippen molar-refractivity contribution in [1.82, 2.24) is 34.6 Å². The molecule has 0 amide bonds. The molecule has 0 aliphatic heterocycles. The summed E-state index contributed by atoms with van der Waals surface area (Å²) in [5.41, 5.74) is 2.64. The zero-order chi connectivity index (χ0) is 20.4. The van der Waals surface area contributed by atoms with Gasteiger partial charge in [0, 0.05) is 30.6 Å². The maximum absolute atomic E-state index is 12.2. The SMILES string of the molecule is COc1ncccc1-n1nc(OCc2ccccc2-n2nnn(C)c2=O)cc1C. The average Bonchev–Trinajstić information content (AvgIpc) is 3.28. The van der Waals surface area contributed by atoms with Crippen molar-refractivity contribution in [2.75, 3.05) is 7.11 Å². The molecular weight excluding hydrogens is 374 g/mol. The third-order valence-corrected chi connectivity index (χ3v) is 4.35. The molecule has 4 aromatic rings. The summed E-state index contributed by atoms with van der Waals surface area (Å²) in [4.78, 5) is 16.4. The number of aromatic nitrogens is 7. The second-order valence-corrected chi connectivity index (χ2v) is 6.28. The molecule has 3 heterocycles. The van der Waals surface area contributed by atoms with Gasteiger partial charge < -0.3 is 9.47 Å². The Bertz CT molecular complexity index is 1210. The van der Waals surface area contributed by atoms with E-state index >= 15 is 0 Å². The van der Waals surface area contributed by atoms with Crippen LogP contribution < -0.4 is 15.2 Å². The van der Waals surface area contributed by atoms with Crippen LogP contribution in [-0.4, -0.2) is 41.7 Å². The van der Waals surface area contributed by atoms with Crippen molar-refractivity contribution < 1.29 is 9.47 Å². The molecule has 0 aliphatic carbocycles. The number of hydrogen-bond acceptors (Lipinski definition) is 7. The molecule has 10 nitrogen and oxygen atoms in total. The van der Waals surface area contributed by atoms with Crippen LogP contribution in [0.2, 0.25) is 0 Å². The third-order valence-electron chi connectivity index (χ3n) is 4.35. The van der Waals surface area contributed by atoms with Gasteiger partial charge in [-0.25, -0.2) is 14.5 Å². The molecule has 0 aliphatic rings. The van der Waals surface area contributed by atoms with E-state index in [1.807, 2.05) is 43.3 Å². The highest BCUT2D eigenvalue weighted by Crippen LogP contribution is 2.23. The molecule has 3 aromatic heterocycles. The molecule has 148 valence electrons. The Labute approximate surface area is 165 Å². The van der Waals surface area contributed by atoms with Gasteiger partial charge in [0.05, 0.1) is 12.8 Å². The van der Waals surface area contributed by atoms with Crippen LogP contribution in [0.15, 0.2) is 53.5 Å². The van der Waals surface area contributed by atoms with E-state index in [0.717, 1.165) is 11.3 Å². The fraction of sp³-hybridized carbons (Fsp3) is 0.211. The summed E-state index contributed by atoms with van der Waals surface area (Å²) < 4.78 is 15.3. The number of benzene rings is 1. The Balaban J connectivity index is 1.60. The Hall–Kier alpha value is -3.95. The van der Waals surface area contributed by atoms with Crippen molar-refractivity contribution in [3.05, 3.63) is 70.4 Å². The van der Waals surface area contributed by atoms with E-state index in [1.165, 1.54) is 9.36 Å². The number of nitrogens with zero attached hydrogens (tertiary/aromatic N) is 7. The van der Waals surface area contributed by atoms with Gasteiger partial charge in [-0.1, -0.05) is 18.2 Å². The molecular formula is C19H19N7O3. The molecule has 0 spiro atoms. The minimum atomic E-state index is -0.332. The van der Waals surface area contributed by atoms with Gasteiger partial charge in [-0.3, -0.25) is 0 Å². The van der Waals surface area contributed by atoms with Crippen LogP contribution >= 0.6 is 0 Å². The predicted molar refractivity (Wildman–Crippen MR) is 104 cm³/mol. The lowest BCUT2D eigenvalue weighted by molar-refractivity contribution is 0.291. The summed E-state index contributed by atoms with van der Waals surface area (Å²) in [5.74, 6) is 0.910. The molecule has 0 saturated carbocycles. The van der Waals surface area contributed by atoms with Gasteiger partial charge in [-0.15, -0.1) is 5.10 Å². The topological polar surface area (TPSA) is 102 Å². The Morgan fingerprint density at radius 2 is 1.83 bits per heavy atom. The fourth-order valence-electron chi connectivity index (χ4n) is 2.92. The van der Waals surface area contributed by atoms with Gasteiger partial charge >= 0.3 is 5.69 Å². The number of aryl methyl sites for hydroxylation is 2. The molecule has 0 bridgehead atoms. The molecule has 0 saturated heterocycles. The van der Waals surface area contributed by atoms with Crippen LogP contribution in [0.5, 0.6) is 11.8 Å². The number of tetrazole rings is 1. The number of hydrogen-bond donors (Lipinski definition) is 0. The third kappa shape index (κ3) is 3.47. The van der Waals surface area contributed by atoms with Gasteiger partial charge in [-0.2, -0.15) is 9.36 Å². The lowest BCUT2D eigenvalue weighted by Crippen LogP contribution is -2.23. The van der Waals surface area contributed by atoms with Crippen molar-refractivity contribution >= 4 is 0 Å². The Morgan fingerprint density at radius 1 is 1.03 bits per heavy atom. The predicted octanol–water partition coefficient (Wildman–Crippen LogP) is 1.44. The summed E-state index contributed by atoms with van der Waals surface area (Å²) in [5, 5.41) is 12.2. The van der Waals surface area contributed by atoms with Gasteiger partial charge in [0.1, 0.15) is 12.3 Å². The second kappa shape index (κ2) is 7.58. The molecule has 0 fully saturated rings. The summed E-state index contributed by atoms with van der Waals surface area (Å²) in [6, 6.07) is 12.9. The Morgan fingerprint density at radius 3 is 2.59 bits per heavy atom. The van der Waals surface area contributed by atoms with E-state index in [9.17, 15) is 4.79 Å². The quantitative estimate of drug-likeness (QED) is 0.488. The van der Waals surface area contributed by atoms with Crippen LogP contribution in [0.4, 0.5) is 0 Å². The van der Waals surface area contributed by atoms with E-state index < -0.39 is 0 Å². The number of methoxy groups -OCH3 is 1. The van der Waals surface area contributed by atoms with E-state index in [4.69, 9.17) is 9.47 Å². The van der Waals surface area contributed by atoms with Gasteiger partial charge in [0.25, 0.3) is 0 Å². The summed E-state index contributed by atoms with van der Waals surface area (Å²) >= 11 is 0. The van der Waals surface area contributed by atoms with Crippen LogP contribution in [-0.2, 0) is 13.7 Å². The maximum atomic E-state index is 12.2. The van der Waals surface area contributed by atoms with Crippen molar-refractivity contribution in [3.63, 3.8) is 0 Å². The number of rotatable bonds is 6. The molecule has 0 N–H and O–H groups in total. The molecule has 29 heavy (non-hydrogen) atoms. The van der Waals surface area contributed by atoms with E-state index in [1.54, 1.807) is 31.1 Å². The first-order chi connectivity index (χ1) is 14.1. The van der Waals surface area contributed by atoms with Gasteiger partial charge in [0.15, 0.2) is 0 Å². The number of para-hydroxylation sites is 1. The second-order valence-electron chi connectivity index (χ2n) is 6.28. The van der Waals surface area contributed by atoms with Crippen molar-refractivity contribution in [2.24, 2.45) is 7.05 Å². The Kier molecular flexibility index (Phi) is 4.82.